The van der Waals surface area contributed by atoms with Gasteiger partial charge in [-0.3, -0.25) is 4.79 Å². The molecular formula is C13H11F3IN3O3. The first-order chi connectivity index (χ1) is 10.6. The van der Waals surface area contributed by atoms with Crippen molar-refractivity contribution in [1.29, 1.82) is 0 Å². The van der Waals surface area contributed by atoms with Crippen molar-refractivity contribution in [2.24, 2.45) is 5.73 Å². The van der Waals surface area contributed by atoms with Gasteiger partial charge in [-0.25, -0.2) is 4.58 Å². The molecule has 0 aromatic carbocycles. The summed E-state index contributed by atoms with van der Waals surface area (Å²) in [4.78, 5) is 23.8. The molecule has 1 aliphatic heterocycles. The largest absolute Gasteiger partial charge is 0.542 e. The molecule has 6 nitrogen and oxygen atoms in total. The van der Waals surface area contributed by atoms with E-state index < -0.39 is 12.1 Å². The Hall–Kier alpha value is -1.85. The number of hydrogen-bond donors (Lipinski definition) is 2. The number of hydrogen-bond acceptors (Lipinski definition) is 4. The second kappa shape index (κ2) is 5.98. The fourth-order valence-corrected chi connectivity index (χ4v) is 3.27. The lowest BCUT2D eigenvalue weighted by Gasteiger charge is -2.18. The number of halogens is 4. The lowest BCUT2D eigenvalue weighted by molar-refractivity contribution is -0.497. The van der Waals surface area contributed by atoms with Gasteiger partial charge < -0.3 is 20.6 Å². The molecule has 0 saturated carbocycles. The minimum atomic E-state index is -5.19. The topological polar surface area (TPSA) is 102 Å². The molecule has 0 atom stereocenters. The lowest BCUT2D eigenvalue weighted by Crippen LogP contribution is -2.37. The van der Waals surface area contributed by atoms with Gasteiger partial charge in [-0.1, -0.05) is 0 Å². The Balaban J connectivity index is 0.000000236. The number of aromatic amines is 1. The summed E-state index contributed by atoms with van der Waals surface area (Å²) in [5, 5.41) is 8.78. The maximum atomic E-state index is 12.0. The highest BCUT2D eigenvalue weighted by molar-refractivity contribution is 14.1. The standard InChI is InChI=1S/C11H10IN3O.C2HF3O2/c1-15-3-2-5-4-14-9-6(5)10(15)7(12)8(13)11(9)16;3-2(4,5)1(6)7/h4H,2-3H2,1H3,(H2,13,14,16);(H,6,7). The van der Waals surface area contributed by atoms with Crippen molar-refractivity contribution in [1.82, 2.24) is 4.98 Å². The van der Waals surface area contributed by atoms with Crippen LogP contribution in [0.15, 0.2) is 15.5 Å². The molecular weight excluding hydrogens is 430 g/mol. The van der Waals surface area contributed by atoms with Gasteiger partial charge in [0, 0.05) is 12.6 Å². The van der Waals surface area contributed by atoms with Crippen LogP contribution in [0.25, 0.3) is 0 Å². The molecule has 0 saturated heterocycles. The van der Waals surface area contributed by atoms with E-state index in [-0.39, 0.29) is 5.78 Å². The molecule has 0 fully saturated rings. The van der Waals surface area contributed by atoms with Gasteiger partial charge >= 0.3 is 6.18 Å². The summed E-state index contributed by atoms with van der Waals surface area (Å²) in [6, 6.07) is 0. The molecule has 10 heteroatoms. The molecule has 1 aromatic heterocycles. The number of carbonyl (C=O) groups excluding carboxylic acids is 2. The number of alkyl halides is 3. The summed E-state index contributed by atoms with van der Waals surface area (Å²) in [5.41, 5.74) is 10.2. The highest BCUT2D eigenvalue weighted by atomic mass is 127. The molecule has 0 unspecified atom stereocenters. The van der Waals surface area contributed by atoms with Crippen molar-refractivity contribution >= 4 is 40.1 Å². The van der Waals surface area contributed by atoms with Gasteiger partial charge in [-0.2, -0.15) is 13.2 Å². The minimum Gasteiger partial charge on any atom is -0.542 e. The fraction of sp³-hybridized carbons (Fsp3) is 0.308. The van der Waals surface area contributed by atoms with Crippen molar-refractivity contribution in [3.63, 3.8) is 0 Å². The second-order valence-corrected chi connectivity index (χ2v) is 6.00. The number of Topliss-reactive ketones (excluding diaryl/α,β-unsaturated/α-hetero) is 1. The van der Waals surface area contributed by atoms with Crippen LogP contribution < -0.4 is 10.8 Å². The third-order valence-electron chi connectivity index (χ3n) is 3.44. The summed E-state index contributed by atoms with van der Waals surface area (Å²) in [5.74, 6) is -3.09. The second-order valence-electron chi connectivity index (χ2n) is 4.93. The molecule has 1 aliphatic carbocycles. The fourth-order valence-electron chi connectivity index (χ4n) is 2.34. The first-order valence-corrected chi connectivity index (χ1v) is 7.40. The zero-order valence-corrected chi connectivity index (χ0v) is 13.9. The van der Waals surface area contributed by atoms with E-state index in [2.05, 4.69) is 32.2 Å². The minimum absolute atomic E-state index is 0.0790. The smallest absolute Gasteiger partial charge is 0.430 e. The van der Waals surface area contributed by atoms with E-state index in [0.29, 0.717) is 11.4 Å². The van der Waals surface area contributed by atoms with Crippen LogP contribution in [0.2, 0.25) is 0 Å². The Bertz CT molecular complexity index is 762. The van der Waals surface area contributed by atoms with Gasteiger partial charge in [0.05, 0.1) is 5.56 Å². The summed E-state index contributed by atoms with van der Waals surface area (Å²) >= 11 is 2.16. The van der Waals surface area contributed by atoms with Crippen LogP contribution in [0.1, 0.15) is 21.6 Å². The van der Waals surface area contributed by atoms with Crippen molar-refractivity contribution in [2.75, 3.05) is 13.6 Å². The molecule has 124 valence electrons. The normalized spacial score (nSPS) is 16.8. The third-order valence-corrected chi connectivity index (χ3v) is 4.54. The van der Waals surface area contributed by atoms with Crippen LogP contribution in [0.4, 0.5) is 13.2 Å². The highest BCUT2D eigenvalue weighted by Crippen LogP contribution is 2.32. The van der Waals surface area contributed by atoms with Gasteiger partial charge in [0.25, 0.3) is 0 Å². The number of ketones is 1. The number of nitrogens with zero attached hydrogens (tertiary/aromatic N) is 1. The molecule has 2 heterocycles. The SMILES string of the molecule is C[N+]1=C2C(I)=C(N)C(=O)c3[nH]cc(c32)CC1.O=C([O-])C(F)(F)F. The number of allylic oxidation sites excluding steroid dienone is 2. The highest BCUT2D eigenvalue weighted by Gasteiger charge is 2.38. The number of H-pyrrole nitrogens is 1. The summed E-state index contributed by atoms with van der Waals surface area (Å²) < 4.78 is 34.6. The van der Waals surface area contributed by atoms with Crippen molar-refractivity contribution in [3.05, 3.63) is 32.3 Å². The monoisotopic (exact) mass is 441 g/mol. The average Bonchev–Trinajstić information content (AvgIpc) is 2.87. The van der Waals surface area contributed by atoms with E-state index in [9.17, 15) is 18.0 Å². The Kier molecular flexibility index (Phi) is 4.55. The predicted molar refractivity (Wildman–Crippen MR) is 80.3 cm³/mol. The van der Waals surface area contributed by atoms with E-state index in [4.69, 9.17) is 15.6 Å². The molecule has 0 amide bonds. The third kappa shape index (κ3) is 3.12. The maximum Gasteiger partial charge on any atom is 0.430 e. The van der Waals surface area contributed by atoms with Crippen molar-refractivity contribution in [2.45, 2.75) is 12.6 Å². The Morgan fingerprint density at radius 2 is 2.04 bits per heavy atom. The van der Waals surface area contributed by atoms with Gasteiger partial charge in [0.2, 0.25) is 11.5 Å². The zero-order chi connectivity index (χ0) is 17.5. The summed E-state index contributed by atoms with van der Waals surface area (Å²) in [7, 11) is 2.04. The van der Waals surface area contributed by atoms with Gasteiger partial charge in [0.15, 0.2) is 0 Å². The lowest BCUT2D eigenvalue weighted by atomic mass is 9.92. The Morgan fingerprint density at radius 1 is 1.48 bits per heavy atom. The average molecular weight is 441 g/mol. The number of carboxylic acid groups (broad SMARTS) is 1. The quantitative estimate of drug-likeness (QED) is 0.441. The number of aromatic nitrogens is 1. The van der Waals surface area contributed by atoms with E-state index >= 15 is 0 Å². The number of carboxylic acids is 1. The van der Waals surface area contributed by atoms with E-state index in [0.717, 1.165) is 27.8 Å². The molecule has 0 radical (unpaired) electrons. The van der Waals surface area contributed by atoms with E-state index in [1.54, 1.807) is 0 Å². The summed E-state index contributed by atoms with van der Waals surface area (Å²) in [6.45, 7) is 0.966. The van der Waals surface area contributed by atoms with Gasteiger partial charge in [0.1, 0.15) is 34.5 Å². The van der Waals surface area contributed by atoms with Crippen LogP contribution >= 0.6 is 22.6 Å². The molecule has 3 N–H and O–H groups in total. The molecule has 0 spiro atoms. The van der Waals surface area contributed by atoms with Crippen LogP contribution in [0, 0.1) is 0 Å². The first kappa shape index (κ1) is 17.5. The van der Waals surface area contributed by atoms with Crippen LogP contribution in [-0.4, -0.2) is 46.8 Å². The number of rotatable bonds is 0. The predicted octanol–water partition coefficient (Wildman–Crippen LogP) is 0.102. The Morgan fingerprint density at radius 3 is 2.57 bits per heavy atom. The maximum absolute atomic E-state index is 12.0. The molecule has 0 bridgehead atoms. The van der Waals surface area contributed by atoms with Gasteiger partial charge in [-0.15, -0.1) is 0 Å². The van der Waals surface area contributed by atoms with E-state index in [1.807, 2.05) is 13.2 Å². The molecule has 1 aromatic rings. The van der Waals surface area contributed by atoms with Gasteiger partial charge in [-0.05, 0) is 28.2 Å². The number of carbonyl (C=O) groups is 2. The number of nitrogens with two attached hydrogens (primary N) is 1. The van der Waals surface area contributed by atoms with Crippen LogP contribution in [0.3, 0.4) is 0 Å². The van der Waals surface area contributed by atoms with Crippen LogP contribution in [-0.2, 0) is 11.2 Å². The molecule has 3 rings (SSSR count). The zero-order valence-electron chi connectivity index (χ0n) is 11.8. The van der Waals surface area contributed by atoms with Crippen molar-refractivity contribution in [3.8, 4) is 0 Å². The van der Waals surface area contributed by atoms with Crippen molar-refractivity contribution < 1.29 is 32.4 Å². The first-order valence-electron chi connectivity index (χ1n) is 6.32. The Labute approximate surface area is 142 Å². The summed E-state index contributed by atoms with van der Waals surface area (Å²) in [6.07, 6.45) is -2.29. The number of likely N-dealkylation sites (N-methyl/N-ethyl adjacent to an activating group) is 1. The number of nitrogens with one attached hydrogen (secondary N) is 1. The van der Waals surface area contributed by atoms with Crippen LogP contribution in [0.5, 0.6) is 0 Å². The molecule has 23 heavy (non-hydrogen) atoms. The number of aliphatic carboxylic acids is 1. The van der Waals surface area contributed by atoms with E-state index in [1.165, 1.54) is 5.56 Å². The molecule has 2 aliphatic rings.